The second kappa shape index (κ2) is 9.39. The Bertz CT molecular complexity index is 1540. The lowest BCUT2D eigenvalue weighted by molar-refractivity contribution is 0.0218. The van der Waals surface area contributed by atoms with E-state index in [1.165, 1.54) is 12.1 Å². The fraction of sp³-hybridized carbons (Fsp3) is 0.407. The van der Waals surface area contributed by atoms with Gasteiger partial charge in [-0.15, -0.1) is 0 Å². The number of carbonyl (C=O) groups excluding carboxylic acids is 1. The monoisotopic (exact) mass is 543 g/mol. The molecule has 1 saturated heterocycles. The van der Waals surface area contributed by atoms with E-state index in [0.29, 0.717) is 41.4 Å². The van der Waals surface area contributed by atoms with Gasteiger partial charge in [0, 0.05) is 28.8 Å². The molecule has 202 valence electrons. The van der Waals surface area contributed by atoms with E-state index in [9.17, 15) is 27.5 Å². The quantitative estimate of drug-likeness (QED) is 0.419. The van der Waals surface area contributed by atoms with Gasteiger partial charge in [0.25, 0.3) is 0 Å². The van der Waals surface area contributed by atoms with Crippen molar-refractivity contribution >= 4 is 32.8 Å². The summed E-state index contributed by atoms with van der Waals surface area (Å²) in [6, 6.07) is 9.04. The number of aromatic carboxylic acids is 1. The number of halogens is 1. The summed E-state index contributed by atoms with van der Waals surface area (Å²) in [4.78, 5) is 29.8. The fourth-order valence-corrected chi connectivity index (χ4v) is 6.49. The van der Waals surface area contributed by atoms with Crippen LogP contribution in [0.5, 0.6) is 0 Å². The molecule has 1 atom stereocenters. The molecule has 9 nitrogen and oxygen atoms in total. The molecule has 2 aliphatic rings. The molecule has 2 aromatic carbocycles. The van der Waals surface area contributed by atoms with Gasteiger partial charge in [-0.25, -0.2) is 22.4 Å². The standard InChI is InChI=1S/C27H30FN3O6S/c1-15(31-14-27(37-26(31)34)10-8-18(29)9-11-27)19-4-3-5-20-22(24(25(32)33)30-23(19)20)16-6-7-17(21(28)12-16)13-38(2,35)36/h3-7,12,15,18,30H,8-11,13-14,29H2,1-2H3,(H,32,33)/t15-,18?,27?/m0/s1. The summed E-state index contributed by atoms with van der Waals surface area (Å²) in [7, 11) is -3.45. The molecule has 1 aliphatic carbocycles. The molecule has 1 amide bonds. The summed E-state index contributed by atoms with van der Waals surface area (Å²) >= 11 is 0. The maximum absolute atomic E-state index is 14.9. The number of aromatic nitrogens is 1. The van der Waals surface area contributed by atoms with E-state index in [4.69, 9.17) is 10.5 Å². The minimum absolute atomic E-state index is 0.00687. The smallest absolute Gasteiger partial charge is 0.411 e. The molecule has 1 aromatic heterocycles. The number of nitrogens with one attached hydrogen (secondary N) is 1. The largest absolute Gasteiger partial charge is 0.477 e. The van der Waals surface area contributed by atoms with Crippen LogP contribution in [0, 0.1) is 5.82 Å². The minimum Gasteiger partial charge on any atom is -0.477 e. The second-order valence-electron chi connectivity index (χ2n) is 10.5. The number of hydrogen-bond acceptors (Lipinski definition) is 6. The number of carboxylic acids is 1. The zero-order valence-electron chi connectivity index (χ0n) is 21.2. The summed E-state index contributed by atoms with van der Waals surface area (Å²) < 4.78 is 44.0. The Kier molecular flexibility index (Phi) is 6.47. The number of H-pyrrole nitrogens is 1. The number of hydrogen-bond donors (Lipinski definition) is 3. The van der Waals surface area contributed by atoms with Crippen LogP contribution in [0.4, 0.5) is 9.18 Å². The fourth-order valence-electron chi connectivity index (χ4n) is 5.69. The van der Waals surface area contributed by atoms with Crippen molar-refractivity contribution in [3.05, 3.63) is 59.0 Å². The van der Waals surface area contributed by atoms with Gasteiger partial charge in [0.05, 0.1) is 23.9 Å². The molecular formula is C27H30FN3O6S. The minimum atomic E-state index is -3.45. The van der Waals surface area contributed by atoms with Crippen LogP contribution in [-0.4, -0.2) is 59.9 Å². The molecule has 0 unspecified atom stereocenters. The van der Waals surface area contributed by atoms with Crippen molar-refractivity contribution in [1.29, 1.82) is 0 Å². The molecule has 11 heteroatoms. The molecule has 5 rings (SSSR count). The van der Waals surface area contributed by atoms with Crippen molar-refractivity contribution in [2.24, 2.45) is 5.73 Å². The van der Waals surface area contributed by atoms with Gasteiger partial charge in [-0.05, 0) is 49.8 Å². The normalized spacial score (nSPS) is 22.7. The predicted octanol–water partition coefficient (Wildman–Crippen LogP) is 4.37. The van der Waals surface area contributed by atoms with E-state index in [-0.39, 0.29) is 22.9 Å². The van der Waals surface area contributed by atoms with Crippen molar-refractivity contribution < 1.29 is 32.2 Å². The number of ether oxygens (including phenoxy) is 1. The molecule has 0 bridgehead atoms. The molecule has 1 saturated carbocycles. The highest BCUT2D eigenvalue weighted by Gasteiger charge is 2.48. The lowest BCUT2D eigenvalue weighted by Gasteiger charge is -2.34. The second-order valence-corrected chi connectivity index (χ2v) is 12.7. The number of aromatic amines is 1. The van der Waals surface area contributed by atoms with E-state index in [0.717, 1.165) is 25.2 Å². The van der Waals surface area contributed by atoms with Crippen LogP contribution in [0.1, 0.15) is 60.3 Å². The van der Waals surface area contributed by atoms with Gasteiger partial charge in [0.1, 0.15) is 17.1 Å². The number of rotatable bonds is 6. The molecule has 4 N–H and O–H groups in total. The molecule has 38 heavy (non-hydrogen) atoms. The average Bonchev–Trinajstić information content (AvgIpc) is 3.39. The highest BCUT2D eigenvalue weighted by molar-refractivity contribution is 7.89. The zero-order chi connectivity index (χ0) is 27.4. The van der Waals surface area contributed by atoms with Crippen LogP contribution in [0.3, 0.4) is 0 Å². The van der Waals surface area contributed by atoms with Crippen molar-refractivity contribution in [1.82, 2.24) is 9.88 Å². The lowest BCUT2D eigenvalue weighted by Crippen LogP contribution is -2.42. The Morgan fingerprint density at radius 3 is 2.63 bits per heavy atom. The Hall–Kier alpha value is -3.44. The van der Waals surface area contributed by atoms with Crippen LogP contribution in [-0.2, 0) is 20.3 Å². The number of nitrogens with zero attached hydrogens (tertiary/aromatic N) is 1. The Balaban J connectivity index is 1.55. The van der Waals surface area contributed by atoms with Crippen LogP contribution >= 0.6 is 0 Å². The van der Waals surface area contributed by atoms with Gasteiger partial charge < -0.3 is 20.6 Å². The predicted molar refractivity (Wildman–Crippen MR) is 140 cm³/mol. The Morgan fingerprint density at radius 2 is 2.00 bits per heavy atom. The van der Waals surface area contributed by atoms with Crippen molar-refractivity contribution in [3.63, 3.8) is 0 Å². The van der Waals surface area contributed by atoms with Gasteiger partial charge in [-0.3, -0.25) is 4.90 Å². The molecule has 3 aromatic rings. The summed E-state index contributed by atoms with van der Waals surface area (Å²) in [5.74, 6) is -2.42. The third kappa shape index (κ3) is 4.76. The van der Waals surface area contributed by atoms with Gasteiger partial charge in [-0.2, -0.15) is 0 Å². The maximum atomic E-state index is 14.9. The first-order chi connectivity index (χ1) is 17.9. The van der Waals surface area contributed by atoms with Crippen LogP contribution in [0.15, 0.2) is 36.4 Å². The van der Waals surface area contributed by atoms with E-state index in [2.05, 4.69) is 4.98 Å². The number of sulfone groups is 1. The average molecular weight is 544 g/mol. The van der Waals surface area contributed by atoms with E-state index in [1.54, 1.807) is 17.0 Å². The van der Waals surface area contributed by atoms with Crippen molar-refractivity contribution in [2.75, 3.05) is 12.8 Å². The topological polar surface area (TPSA) is 143 Å². The molecule has 1 aliphatic heterocycles. The first-order valence-corrected chi connectivity index (χ1v) is 14.5. The molecular weight excluding hydrogens is 513 g/mol. The number of carboxylic acid groups (broad SMARTS) is 1. The third-order valence-corrected chi connectivity index (χ3v) is 8.53. The first-order valence-electron chi connectivity index (χ1n) is 12.5. The number of para-hydroxylation sites is 1. The van der Waals surface area contributed by atoms with E-state index < -0.39 is 45.1 Å². The van der Waals surface area contributed by atoms with Gasteiger partial charge in [0.2, 0.25) is 0 Å². The van der Waals surface area contributed by atoms with Crippen molar-refractivity contribution in [3.8, 4) is 11.1 Å². The molecule has 0 radical (unpaired) electrons. The van der Waals surface area contributed by atoms with Crippen LogP contribution in [0.25, 0.3) is 22.0 Å². The molecule has 2 heterocycles. The maximum Gasteiger partial charge on any atom is 0.411 e. The van der Waals surface area contributed by atoms with E-state index in [1.807, 2.05) is 13.0 Å². The van der Waals surface area contributed by atoms with Crippen LogP contribution in [0.2, 0.25) is 0 Å². The number of nitrogens with two attached hydrogens (primary N) is 1. The summed E-state index contributed by atoms with van der Waals surface area (Å²) in [6.45, 7) is 2.28. The van der Waals surface area contributed by atoms with Gasteiger partial charge in [0.15, 0.2) is 9.84 Å². The number of benzene rings is 2. The zero-order valence-corrected chi connectivity index (χ0v) is 22.0. The van der Waals surface area contributed by atoms with Crippen molar-refractivity contribution in [2.45, 2.75) is 56.0 Å². The highest BCUT2D eigenvalue weighted by Crippen LogP contribution is 2.42. The van der Waals surface area contributed by atoms with E-state index >= 15 is 0 Å². The number of carbonyl (C=O) groups is 2. The van der Waals surface area contributed by atoms with Gasteiger partial charge in [-0.1, -0.05) is 30.3 Å². The number of fused-ring (bicyclic) bond motifs is 1. The number of amides is 1. The van der Waals surface area contributed by atoms with Crippen LogP contribution < -0.4 is 5.73 Å². The summed E-state index contributed by atoms with van der Waals surface area (Å²) in [6.07, 6.45) is 3.57. The highest BCUT2D eigenvalue weighted by atomic mass is 32.2. The summed E-state index contributed by atoms with van der Waals surface area (Å²) in [5, 5.41) is 10.5. The SMILES string of the molecule is C[C@@H](c1cccc2c(-c3ccc(CS(C)(=O)=O)c(F)c3)c(C(=O)O)[nH]c12)N1CC2(CCC(N)CC2)OC1=O. The third-order valence-electron chi connectivity index (χ3n) is 7.70. The Morgan fingerprint density at radius 1 is 1.29 bits per heavy atom. The molecule has 1 spiro atoms. The lowest BCUT2D eigenvalue weighted by atomic mass is 9.82. The van der Waals surface area contributed by atoms with Gasteiger partial charge >= 0.3 is 12.1 Å². The first kappa shape index (κ1) is 26.2. The molecule has 2 fully saturated rings. The summed E-state index contributed by atoms with van der Waals surface area (Å²) in [5.41, 5.74) is 7.17. The Labute approximate surface area is 219 Å².